The molecule has 0 amide bonds. The predicted molar refractivity (Wildman–Crippen MR) is 131 cm³/mol. The molecule has 0 aliphatic heterocycles. The maximum atomic E-state index is 14.6. The summed E-state index contributed by atoms with van der Waals surface area (Å²) >= 11 is 0. The van der Waals surface area contributed by atoms with Crippen LogP contribution in [0.25, 0.3) is 0 Å². The number of hydrogen-bond donors (Lipinski definition) is 0. The molecule has 31 heavy (non-hydrogen) atoms. The molecule has 0 bridgehead atoms. The van der Waals surface area contributed by atoms with Crippen molar-refractivity contribution in [2.45, 2.75) is 122 Å². The van der Waals surface area contributed by atoms with Gasteiger partial charge in [-0.25, -0.2) is 4.39 Å². The summed E-state index contributed by atoms with van der Waals surface area (Å²) in [5.74, 6) is 5.59. The zero-order chi connectivity index (χ0) is 21.6. The monoisotopic (exact) mass is 426 g/mol. The van der Waals surface area contributed by atoms with Crippen molar-refractivity contribution in [3.8, 4) is 0 Å². The highest BCUT2D eigenvalue weighted by Crippen LogP contribution is 2.51. The molecule has 4 unspecified atom stereocenters. The summed E-state index contributed by atoms with van der Waals surface area (Å²) < 4.78 is 14.6. The van der Waals surface area contributed by atoms with Crippen LogP contribution in [-0.4, -0.2) is 0 Å². The zero-order valence-electron chi connectivity index (χ0n) is 20.4. The molecule has 0 saturated heterocycles. The lowest BCUT2D eigenvalue weighted by Crippen LogP contribution is -2.34. The molecule has 3 aliphatic carbocycles. The van der Waals surface area contributed by atoms with Crippen molar-refractivity contribution in [1.29, 1.82) is 0 Å². The molecule has 0 N–H and O–H groups in total. The van der Waals surface area contributed by atoms with E-state index in [0.717, 1.165) is 54.4 Å². The molecule has 0 heterocycles. The molecular formula is C30H47F. The molecule has 3 fully saturated rings. The van der Waals surface area contributed by atoms with E-state index < -0.39 is 0 Å². The van der Waals surface area contributed by atoms with Gasteiger partial charge in [0.2, 0.25) is 0 Å². The van der Waals surface area contributed by atoms with Gasteiger partial charge >= 0.3 is 0 Å². The molecule has 174 valence electrons. The first-order chi connectivity index (χ1) is 15.2. The SMILES string of the molecule is CCCCc1ccc(C2CCC3CC(C4CCC(CCCC)CC4)CCC3C2)cc1F. The van der Waals surface area contributed by atoms with Gasteiger partial charge < -0.3 is 0 Å². The number of rotatable bonds is 8. The lowest BCUT2D eigenvalue weighted by Gasteiger charge is -2.45. The second kappa shape index (κ2) is 11.3. The Kier molecular flexibility index (Phi) is 8.52. The van der Waals surface area contributed by atoms with Crippen molar-refractivity contribution in [3.05, 3.63) is 35.1 Å². The van der Waals surface area contributed by atoms with Crippen LogP contribution in [0.1, 0.15) is 127 Å². The summed E-state index contributed by atoms with van der Waals surface area (Å²) in [6.07, 6.45) is 21.9. The molecule has 4 rings (SSSR count). The van der Waals surface area contributed by atoms with E-state index in [9.17, 15) is 4.39 Å². The minimum absolute atomic E-state index is 0.0475. The number of benzene rings is 1. The Balaban J connectivity index is 1.27. The van der Waals surface area contributed by atoms with Crippen molar-refractivity contribution in [2.75, 3.05) is 0 Å². The average molecular weight is 427 g/mol. The maximum absolute atomic E-state index is 14.6. The van der Waals surface area contributed by atoms with Crippen LogP contribution in [-0.2, 0) is 6.42 Å². The van der Waals surface area contributed by atoms with Crippen LogP contribution in [0.5, 0.6) is 0 Å². The van der Waals surface area contributed by atoms with Gasteiger partial charge in [0.05, 0.1) is 0 Å². The Morgan fingerprint density at radius 2 is 1.39 bits per heavy atom. The molecule has 4 atom stereocenters. The smallest absolute Gasteiger partial charge is 0.126 e. The summed E-state index contributed by atoms with van der Waals surface area (Å²) in [7, 11) is 0. The summed E-state index contributed by atoms with van der Waals surface area (Å²) in [5, 5.41) is 0. The van der Waals surface area contributed by atoms with Crippen LogP contribution in [0.3, 0.4) is 0 Å². The molecule has 1 aromatic carbocycles. The van der Waals surface area contributed by atoms with E-state index in [-0.39, 0.29) is 5.82 Å². The van der Waals surface area contributed by atoms with E-state index in [1.54, 1.807) is 0 Å². The van der Waals surface area contributed by atoms with Crippen molar-refractivity contribution < 1.29 is 4.39 Å². The van der Waals surface area contributed by atoms with Crippen LogP contribution in [0, 0.1) is 35.4 Å². The molecular weight excluding hydrogens is 379 g/mol. The van der Waals surface area contributed by atoms with E-state index >= 15 is 0 Å². The Labute approximate surface area is 191 Å². The van der Waals surface area contributed by atoms with Crippen LogP contribution >= 0.6 is 0 Å². The first-order valence-corrected chi connectivity index (χ1v) is 14.0. The number of halogens is 1. The van der Waals surface area contributed by atoms with Gasteiger partial charge in [0.1, 0.15) is 5.82 Å². The number of unbranched alkanes of at least 4 members (excludes halogenated alkanes) is 2. The first-order valence-electron chi connectivity index (χ1n) is 14.0. The molecule has 0 aromatic heterocycles. The fourth-order valence-electron chi connectivity index (χ4n) is 7.48. The minimum Gasteiger partial charge on any atom is -0.207 e. The predicted octanol–water partition coefficient (Wildman–Crippen LogP) is 9.46. The number of aryl methyl sites for hydroxylation is 1. The Morgan fingerprint density at radius 1 is 0.742 bits per heavy atom. The fraction of sp³-hybridized carbons (Fsp3) is 0.800. The molecule has 3 aliphatic rings. The Morgan fingerprint density at radius 3 is 2.10 bits per heavy atom. The van der Waals surface area contributed by atoms with Crippen LogP contribution in [0.15, 0.2) is 18.2 Å². The van der Waals surface area contributed by atoms with Crippen molar-refractivity contribution in [1.82, 2.24) is 0 Å². The molecule has 0 spiro atoms. The highest BCUT2D eigenvalue weighted by Gasteiger charge is 2.39. The zero-order valence-corrected chi connectivity index (χ0v) is 20.4. The van der Waals surface area contributed by atoms with Gasteiger partial charge in [-0.15, -0.1) is 0 Å². The van der Waals surface area contributed by atoms with E-state index in [2.05, 4.69) is 26.0 Å². The summed E-state index contributed by atoms with van der Waals surface area (Å²) in [6, 6.07) is 6.22. The third-order valence-corrected chi connectivity index (χ3v) is 9.53. The lowest BCUT2D eigenvalue weighted by molar-refractivity contribution is 0.0710. The average Bonchev–Trinajstić information content (AvgIpc) is 2.81. The van der Waals surface area contributed by atoms with Crippen molar-refractivity contribution in [3.63, 3.8) is 0 Å². The summed E-state index contributed by atoms with van der Waals surface area (Å²) in [5.41, 5.74) is 2.20. The summed E-state index contributed by atoms with van der Waals surface area (Å²) in [4.78, 5) is 0. The largest absolute Gasteiger partial charge is 0.207 e. The van der Waals surface area contributed by atoms with Gasteiger partial charge in [-0.3, -0.25) is 0 Å². The van der Waals surface area contributed by atoms with Crippen molar-refractivity contribution in [2.24, 2.45) is 29.6 Å². The maximum Gasteiger partial charge on any atom is 0.126 e. The van der Waals surface area contributed by atoms with Gasteiger partial charge in [-0.1, -0.05) is 64.5 Å². The van der Waals surface area contributed by atoms with E-state index in [1.807, 2.05) is 6.07 Å². The topological polar surface area (TPSA) is 0 Å². The van der Waals surface area contributed by atoms with Crippen LogP contribution in [0.4, 0.5) is 4.39 Å². The fourth-order valence-corrected chi connectivity index (χ4v) is 7.48. The van der Waals surface area contributed by atoms with Crippen molar-refractivity contribution >= 4 is 0 Å². The van der Waals surface area contributed by atoms with Gasteiger partial charge in [0.25, 0.3) is 0 Å². The normalized spacial score (nSPS) is 33.8. The standard InChI is InChI=1S/C30H47F/c1-3-5-7-22-9-11-23(12-10-22)25-15-16-27-20-28(18-17-26(27)19-25)29-14-13-24(8-6-4-2)30(31)21-29/h13-14,21-23,25-28H,3-12,15-20H2,1-2H3. The first kappa shape index (κ1) is 23.3. The van der Waals surface area contributed by atoms with E-state index in [0.29, 0.717) is 5.92 Å². The third kappa shape index (κ3) is 5.94. The number of fused-ring (bicyclic) bond motifs is 1. The highest BCUT2D eigenvalue weighted by atomic mass is 19.1. The van der Waals surface area contributed by atoms with E-state index in [1.165, 1.54) is 89.0 Å². The van der Waals surface area contributed by atoms with E-state index in [4.69, 9.17) is 0 Å². The van der Waals surface area contributed by atoms with Gasteiger partial charge in [0.15, 0.2) is 0 Å². The molecule has 3 saturated carbocycles. The molecule has 1 heteroatoms. The molecule has 0 radical (unpaired) electrons. The Hall–Kier alpha value is -0.850. The van der Waals surface area contributed by atoms with Crippen LogP contribution < -0.4 is 0 Å². The second-order valence-corrected chi connectivity index (χ2v) is 11.5. The second-order valence-electron chi connectivity index (χ2n) is 11.5. The minimum atomic E-state index is 0.0475. The Bertz CT molecular complexity index is 671. The van der Waals surface area contributed by atoms with Gasteiger partial charge in [-0.2, -0.15) is 0 Å². The lowest BCUT2D eigenvalue weighted by atomic mass is 9.60. The van der Waals surface area contributed by atoms with Crippen LogP contribution in [0.2, 0.25) is 0 Å². The third-order valence-electron chi connectivity index (χ3n) is 9.53. The summed E-state index contributed by atoms with van der Waals surface area (Å²) in [6.45, 7) is 4.51. The molecule has 0 nitrogen and oxygen atoms in total. The highest BCUT2D eigenvalue weighted by molar-refractivity contribution is 5.28. The quantitative estimate of drug-likeness (QED) is 0.388. The number of hydrogen-bond acceptors (Lipinski definition) is 0. The van der Waals surface area contributed by atoms with Gasteiger partial charge in [0, 0.05) is 0 Å². The molecule has 1 aromatic rings. The van der Waals surface area contributed by atoms with Gasteiger partial charge in [-0.05, 0) is 117 Å².